The van der Waals surface area contributed by atoms with Crippen LogP contribution in [0.3, 0.4) is 0 Å². The van der Waals surface area contributed by atoms with Gasteiger partial charge in [-0.1, -0.05) is 23.7 Å². The van der Waals surface area contributed by atoms with Crippen LogP contribution in [-0.2, 0) is 16.1 Å². The van der Waals surface area contributed by atoms with Gasteiger partial charge in [-0.3, -0.25) is 14.5 Å². The number of carbonyl (C=O) groups excluding carboxylic acids is 3. The third kappa shape index (κ3) is 4.71. The highest BCUT2D eigenvalue weighted by Crippen LogP contribution is 2.26. The molecule has 0 aliphatic carbocycles. The Labute approximate surface area is 191 Å². The molecule has 0 bridgehead atoms. The van der Waals surface area contributed by atoms with Crippen LogP contribution in [0.1, 0.15) is 18.4 Å². The van der Waals surface area contributed by atoms with Crippen LogP contribution < -0.4 is 15.4 Å². The maximum absolute atomic E-state index is 13.3. The van der Waals surface area contributed by atoms with Crippen molar-refractivity contribution in [3.8, 4) is 5.75 Å². The van der Waals surface area contributed by atoms with E-state index in [-0.39, 0.29) is 30.9 Å². The largest absolute Gasteiger partial charge is 0.497 e. The zero-order valence-corrected chi connectivity index (χ0v) is 18.5. The molecule has 2 fully saturated rings. The van der Waals surface area contributed by atoms with E-state index >= 15 is 0 Å². The fourth-order valence-corrected chi connectivity index (χ4v) is 4.28. The minimum Gasteiger partial charge on any atom is -0.497 e. The summed E-state index contributed by atoms with van der Waals surface area (Å²) in [5, 5.41) is 6.62. The first-order valence-electron chi connectivity index (χ1n) is 10.5. The molecule has 0 aromatic heterocycles. The summed E-state index contributed by atoms with van der Waals surface area (Å²) in [4.78, 5) is 41.9. The van der Waals surface area contributed by atoms with Gasteiger partial charge in [-0.05, 0) is 61.3 Å². The van der Waals surface area contributed by atoms with Gasteiger partial charge in [0.2, 0.25) is 11.8 Å². The number of carbonyl (C=O) groups is 3. The van der Waals surface area contributed by atoms with Crippen LogP contribution in [0.5, 0.6) is 5.75 Å². The van der Waals surface area contributed by atoms with Gasteiger partial charge in [0.05, 0.1) is 19.7 Å². The lowest BCUT2D eigenvalue weighted by atomic mass is 9.93. The van der Waals surface area contributed by atoms with Gasteiger partial charge in [-0.2, -0.15) is 0 Å². The van der Waals surface area contributed by atoms with Gasteiger partial charge < -0.3 is 20.3 Å². The summed E-state index contributed by atoms with van der Waals surface area (Å²) in [6.07, 6.45) is 1.50. The van der Waals surface area contributed by atoms with Crippen molar-refractivity contribution in [2.24, 2.45) is 0 Å². The van der Waals surface area contributed by atoms with Crippen molar-refractivity contribution in [1.29, 1.82) is 0 Å². The van der Waals surface area contributed by atoms with Crippen molar-refractivity contribution in [2.75, 3.05) is 25.5 Å². The van der Waals surface area contributed by atoms with Gasteiger partial charge >= 0.3 is 6.03 Å². The molecule has 2 N–H and O–H groups in total. The van der Waals surface area contributed by atoms with Crippen LogP contribution in [0.4, 0.5) is 10.5 Å². The van der Waals surface area contributed by atoms with Gasteiger partial charge in [-0.25, -0.2) is 4.79 Å². The van der Waals surface area contributed by atoms with Gasteiger partial charge in [0.15, 0.2) is 0 Å². The van der Waals surface area contributed by atoms with Gasteiger partial charge in [0, 0.05) is 10.7 Å². The van der Waals surface area contributed by atoms with Crippen molar-refractivity contribution in [3.05, 3.63) is 59.1 Å². The van der Waals surface area contributed by atoms with E-state index in [1.807, 2.05) is 0 Å². The SMILES string of the molecule is COc1ccc(NC(=O)CN2C(=O)N(Cc3ccc(Cl)cc3)C(=O)C3NCCCC32)cc1. The number of urea groups is 1. The highest BCUT2D eigenvalue weighted by molar-refractivity contribution is 6.30. The molecule has 2 atom stereocenters. The summed E-state index contributed by atoms with van der Waals surface area (Å²) < 4.78 is 5.13. The second kappa shape index (κ2) is 9.58. The normalized spacial score (nSPS) is 20.7. The third-order valence-corrected chi connectivity index (χ3v) is 6.03. The molecular formula is C23H25ClN4O4. The van der Waals surface area contributed by atoms with E-state index in [2.05, 4.69) is 10.6 Å². The molecule has 168 valence electrons. The second-order valence-corrected chi connectivity index (χ2v) is 8.32. The summed E-state index contributed by atoms with van der Waals surface area (Å²) in [6.45, 7) is 0.677. The summed E-state index contributed by atoms with van der Waals surface area (Å²) in [6, 6.07) is 12.6. The summed E-state index contributed by atoms with van der Waals surface area (Å²) >= 11 is 5.95. The molecule has 4 amide bonds. The van der Waals surface area contributed by atoms with Gasteiger partial charge in [-0.15, -0.1) is 0 Å². The van der Waals surface area contributed by atoms with E-state index < -0.39 is 12.1 Å². The van der Waals surface area contributed by atoms with Gasteiger partial charge in [0.1, 0.15) is 18.3 Å². The lowest BCUT2D eigenvalue weighted by Gasteiger charge is -2.46. The average Bonchev–Trinajstić information content (AvgIpc) is 2.81. The van der Waals surface area contributed by atoms with E-state index in [1.165, 1.54) is 9.80 Å². The van der Waals surface area contributed by atoms with Crippen molar-refractivity contribution in [2.45, 2.75) is 31.5 Å². The monoisotopic (exact) mass is 456 g/mol. The molecule has 4 rings (SSSR count). The fourth-order valence-electron chi connectivity index (χ4n) is 4.15. The standard InChI is InChI=1S/C23H25ClN4O4/c1-32-18-10-8-17(9-11-18)26-20(29)14-27-19-3-2-12-25-21(19)22(30)28(23(27)31)13-15-4-6-16(24)7-5-15/h4-11,19,21,25H,2-3,12-14H2,1H3,(H,26,29). The van der Waals surface area contributed by atoms with E-state index in [0.717, 1.165) is 12.0 Å². The van der Waals surface area contributed by atoms with Crippen LogP contribution in [0, 0.1) is 0 Å². The molecule has 2 unspecified atom stereocenters. The van der Waals surface area contributed by atoms with Crippen LogP contribution in [0.2, 0.25) is 5.02 Å². The number of amides is 4. The summed E-state index contributed by atoms with van der Waals surface area (Å²) in [7, 11) is 1.57. The molecule has 2 aliphatic heterocycles. The Bertz CT molecular complexity index is 996. The molecule has 8 nitrogen and oxygen atoms in total. The van der Waals surface area contributed by atoms with E-state index in [1.54, 1.807) is 55.6 Å². The molecule has 2 heterocycles. The molecule has 0 spiro atoms. The van der Waals surface area contributed by atoms with Crippen LogP contribution >= 0.6 is 11.6 Å². The smallest absolute Gasteiger partial charge is 0.327 e. The quantitative estimate of drug-likeness (QED) is 0.697. The average molecular weight is 457 g/mol. The van der Waals surface area contributed by atoms with Crippen molar-refractivity contribution < 1.29 is 19.1 Å². The Morgan fingerprint density at radius 3 is 2.56 bits per heavy atom. The Balaban J connectivity index is 1.51. The Kier molecular flexibility index (Phi) is 6.62. The first-order chi connectivity index (χ1) is 15.5. The number of hydrogen-bond donors (Lipinski definition) is 2. The Morgan fingerprint density at radius 1 is 1.16 bits per heavy atom. The number of rotatable bonds is 6. The van der Waals surface area contributed by atoms with Crippen molar-refractivity contribution in [1.82, 2.24) is 15.1 Å². The number of anilines is 1. The lowest BCUT2D eigenvalue weighted by molar-refractivity contribution is -0.138. The molecule has 9 heteroatoms. The maximum Gasteiger partial charge on any atom is 0.327 e. The highest BCUT2D eigenvalue weighted by Gasteiger charge is 2.47. The molecular weight excluding hydrogens is 432 g/mol. The number of nitrogens with zero attached hydrogens (tertiary/aromatic N) is 2. The van der Waals surface area contributed by atoms with Crippen LogP contribution in [0.25, 0.3) is 0 Å². The number of benzene rings is 2. The zero-order valence-electron chi connectivity index (χ0n) is 17.7. The molecule has 0 saturated carbocycles. The minimum atomic E-state index is -0.525. The molecule has 2 aliphatic rings. The number of hydrogen-bond acceptors (Lipinski definition) is 5. The molecule has 32 heavy (non-hydrogen) atoms. The van der Waals surface area contributed by atoms with E-state index in [0.29, 0.717) is 29.4 Å². The zero-order chi connectivity index (χ0) is 22.7. The predicted octanol–water partition coefficient (Wildman–Crippen LogP) is 2.87. The van der Waals surface area contributed by atoms with Crippen LogP contribution in [-0.4, -0.2) is 59.9 Å². The second-order valence-electron chi connectivity index (χ2n) is 7.88. The van der Waals surface area contributed by atoms with Crippen molar-refractivity contribution >= 4 is 35.1 Å². The first kappa shape index (κ1) is 22.1. The van der Waals surface area contributed by atoms with Gasteiger partial charge in [0.25, 0.3) is 0 Å². The lowest BCUT2D eigenvalue weighted by Crippen LogP contribution is -2.70. The number of methoxy groups -OCH3 is 1. The van der Waals surface area contributed by atoms with Crippen LogP contribution in [0.15, 0.2) is 48.5 Å². The molecule has 0 radical (unpaired) electrons. The third-order valence-electron chi connectivity index (χ3n) is 5.78. The number of fused-ring (bicyclic) bond motifs is 1. The molecule has 2 saturated heterocycles. The number of piperidine rings is 1. The first-order valence-corrected chi connectivity index (χ1v) is 10.9. The summed E-state index contributed by atoms with van der Waals surface area (Å²) in [5.74, 6) is 0.0942. The highest BCUT2D eigenvalue weighted by atomic mass is 35.5. The maximum atomic E-state index is 13.3. The number of nitrogens with one attached hydrogen (secondary N) is 2. The van der Waals surface area contributed by atoms with Crippen molar-refractivity contribution in [3.63, 3.8) is 0 Å². The molecule has 2 aromatic carbocycles. The van der Waals surface area contributed by atoms with E-state index in [9.17, 15) is 14.4 Å². The number of imide groups is 1. The predicted molar refractivity (Wildman–Crippen MR) is 121 cm³/mol. The Morgan fingerprint density at radius 2 is 1.88 bits per heavy atom. The van der Waals surface area contributed by atoms with E-state index in [4.69, 9.17) is 16.3 Å². The molecule has 2 aromatic rings. The summed E-state index contributed by atoms with van der Waals surface area (Å²) in [5.41, 5.74) is 1.39. The number of halogens is 1. The fraction of sp³-hybridized carbons (Fsp3) is 0.348. The minimum absolute atomic E-state index is 0.121. The number of ether oxygens (including phenoxy) is 1. The Hall–Kier alpha value is -3.10. The topological polar surface area (TPSA) is 91.0 Å².